The number of aromatic nitrogens is 2. The maximum Gasteiger partial charge on any atom is 0.126 e. The number of hydrogen-bond donors (Lipinski definition) is 0. The maximum absolute atomic E-state index is 4.62. The standard InChI is InChI=1S/C18H16N2/c1-13-17(15-9-5-3-6-10-15)19-14(2)20-18(13)16-11-7-4-8-12-16/h3-12H,1-2H3. The second-order valence-corrected chi connectivity index (χ2v) is 4.83. The van der Waals surface area contributed by atoms with Gasteiger partial charge in [-0.1, -0.05) is 60.7 Å². The van der Waals surface area contributed by atoms with Crippen molar-refractivity contribution < 1.29 is 0 Å². The molecule has 20 heavy (non-hydrogen) atoms. The molecule has 0 aliphatic rings. The number of aryl methyl sites for hydroxylation is 1. The molecular formula is C18H16N2. The zero-order valence-corrected chi connectivity index (χ0v) is 11.7. The van der Waals surface area contributed by atoms with Crippen molar-refractivity contribution in [2.75, 3.05) is 0 Å². The van der Waals surface area contributed by atoms with E-state index in [1.807, 2.05) is 43.3 Å². The fourth-order valence-corrected chi connectivity index (χ4v) is 2.38. The summed E-state index contributed by atoms with van der Waals surface area (Å²) in [5, 5.41) is 0. The van der Waals surface area contributed by atoms with Gasteiger partial charge >= 0.3 is 0 Å². The molecule has 2 heteroatoms. The fraction of sp³-hybridized carbons (Fsp3) is 0.111. The van der Waals surface area contributed by atoms with Crippen LogP contribution in [0.2, 0.25) is 0 Å². The molecule has 2 aromatic carbocycles. The van der Waals surface area contributed by atoms with Crippen molar-refractivity contribution >= 4 is 0 Å². The van der Waals surface area contributed by atoms with E-state index in [0.29, 0.717) is 0 Å². The molecule has 3 aromatic rings. The zero-order valence-electron chi connectivity index (χ0n) is 11.7. The first-order valence-electron chi connectivity index (χ1n) is 6.72. The van der Waals surface area contributed by atoms with Gasteiger partial charge in [-0.15, -0.1) is 0 Å². The molecule has 0 saturated carbocycles. The molecule has 98 valence electrons. The number of nitrogens with zero attached hydrogens (tertiary/aromatic N) is 2. The smallest absolute Gasteiger partial charge is 0.126 e. The molecule has 0 saturated heterocycles. The van der Waals surface area contributed by atoms with E-state index in [9.17, 15) is 0 Å². The Morgan fingerprint density at radius 3 is 1.40 bits per heavy atom. The van der Waals surface area contributed by atoms with E-state index in [0.717, 1.165) is 33.9 Å². The van der Waals surface area contributed by atoms with Crippen molar-refractivity contribution in [3.63, 3.8) is 0 Å². The third kappa shape index (κ3) is 2.32. The lowest BCUT2D eigenvalue weighted by atomic mass is 10.0. The van der Waals surface area contributed by atoms with E-state index in [-0.39, 0.29) is 0 Å². The van der Waals surface area contributed by atoms with Crippen molar-refractivity contribution in [1.29, 1.82) is 0 Å². The van der Waals surface area contributed by atoms with Crippen LogP contribution in [-0.4, -0.2) is 9.97 Å². The quantitative estimate of drug-likeness (QED) is 0.681. The molecular weight excluding hydrogens is 244 g/mol. The molecule has 3 rings (SSSR count). The molecule has 2 nitrogen and oxygen atoms in total. The van der Waals surface area contributed by atoms with Gasteiger partial charge < -0.3 is 0 Å². The molecule has 1 heterocycles. The first-order valence-corrected chi connectivity index (χ1v) is 6.72. The monoisotopic (exact) mass is 260 g/mol. The Bertz CT molecular complexity index is 658. The second-order valence-electron chi connectivity index (χ2n) is 4.83. The Morgan fingerprint density at radius 1 is 0.600 bits per heavy atom. The van der Waals surface area contributed by atoms with Crippen LogP contribution in [0.25, 0.3) is 22.5 Å². The highest BCUT2D eigenvalue weighted by Crippen LogP contribution is 2.28. The Labute approximate surface area is 119 Å². The summed E-state index contributed by atoms with van der Waals surface area (Å²) in [6.07, 6.45) is 0. The van der Waals surface area contributed by atoms with Crippen LogP contribution in [0.4, 0.5) is 0 Å². The van der Waals surface area contributed by atoms with E-state index >= 15 is 0 Å². The van der Waals surface area contributed by atoms with Gasteiger partial charge in [0.25, 0.3) is 0 Å². The highest BCUT2D eigenvalue weighted by Gasteiger charge is 2.12. The fourth-order valence-electron chi connectivity index (χ4n) is 2.38. The predicted molar refractivity (Wildman–Crippen MR) is 82.4 cm³/mol. The Balaban J connectivity index is 2.22. The van der Waals surface area contributed by atoms with E-state index < -0.39 is 0 Å². The first kappa shape index (κ1) is 12.5. The zero-order chi connectivity index (χ0) is 13.9. The van der Waals surface area contributed by atoms with Crippen LogP contribution in [0.5, 0.6) is 0 Å². The SMILES string of the molecule is Cc1nc(-c2ccccc2)c(C)c(-c2ccccc2)n1. The number of benzene rings is 2. The predicted octanol–water partition coefficient (Wildman–Crippen LogP) is 4.43. The van der Waals surface area contributed by atoms with Crippen molar-refractivity contribution in [2.24, 2.45) is 0 Å². The lowest BCUT2D eigenvalue weighted by molar-refractivity contribution is 1.04. The Morgan fingerprint density at radius 2 is 1.00 bits per heavy atom. The minimum atomic E-state index is 0.799. The van der Waals surface area contributed by atoms with Gasteiger partial charge in [0, 0.05) is 16.7 Å². The molecule has 0 N–H and O–H groups in total. The van der Waals surface area contributed by atoms with Crippen molar-refractivity contribution in [1.82, 2.24) is 9.97 Å². The van der Waals surface area contributed by atoms with Gasteiger partial charge in [-0.3, -0.25) is 0 Å². The normalized spacial score (nSPS) is 10.5. The summed E-state index contributed by atoms with van der Waals surface area (Å²) in [7, 11) is 0. The van der Waals surface area contributed by atoms with Gasteiger partial charge in [-0.05, 0) is 13.8 Å². The Kier molecular flexibility index (Phi) is 3.30. The van der Waals surface area contributed by atoms with E-state index in [1.165, 1.54) is 0 Å². The summed E-state index contributed by atoms with van der Waals surface area (Å²) < 4.78 is 0. The lowest BCUT2D eigenvalue weighted by Gasteiger charge is -2.11. The highest BCUT2D eigenvalue weighted by molar-refractivity contribution is 5.73. The van der Waals surface area contributed by atoms with Gasteiger partial charge in [0.15, 0.2) is 0 Å². The summed E-state index contributed by atoms with van der Waals surface area (Å²) >= 11 is 0. The molecule has 1 aromatic heterocycles. The highest BCUT2D eigenvalue weighted by atomic mass is 14.9. The van der Waals surface area contributed by atoms with Crippen molar-refractivity contribution in [3.05, 3.63) is 72.1 Å². The average molecular weight is 260 g/mol. The van der Waals surface area contributed by atoms with Crippen LogP contribution >= 0.6 is 0 Å². The Hall–Kier alpha value is -2.48. The lowest BCUT2D eigenvalue weighted by Crippen LogP contribution is -1.99. The van der Waals surface area contributed by atoms with Crippen LogP contribution in [0, 0.1) is 13.8 Å². The van der Waals surface area contributed by atoms with Crippen LogP contribution in [0.1, 0.15) is 11.4 Å². The molecule has 0 aliphatic heterocycles. The second kappa shape index (κ2) is 5.25. The maximum atomic E-state index is 4.62. The summed E-state index contributed by atoms with van der Waals surface area (Å²) in [4.78, 5) is 9.24. The van der Waals surface area contributed by atoms with Crippen molar-refractivity contribution in [2.45, 2.75) is 13.8 Å². The summed E-state index contributed by atoms with van der Waals surface area (Å²) in [6, 6.07) is 20.5. The van der Waals surface area contributed by atoms with Gasteiger partial charge in [-0.25, -0.2) is 9.97 Å². The molecule has 0 amide bonds. The van der Waals surface area contributed by atoms with Crippen LogP contribution in [0.15, 0.2) is 60.7 Å². The van der Waals surface area contributed by atoms with E-state index in [1.54, 1.807) is 0 Å². The van der Waals surface area contributed by atoms with Crippen molar-refractivity contribution in [3.8, 4) is 22.5 Å². The molecule has 0 spiro atoms. The molecule has 0 atom stereocenters. The van der Waals surface area contributed by atoms with Crippen LogP contribution < -0.4 is 0 Å². The largest absolute Gasteiger partial charge is 0.233 e. The number of hydrogen-bond acceptors (Lipinski definition) is 2. The molecule has 0 aliphatic carbocycles. The van der Waals surface area contributed by atoms with Gasteiger partial charge in [0.2, 0.25) is 0 Å². The van der Waals surface area contributed by atoms with Gasteiger partial charge in [0.05, 0.1) is 11.4 Å². The summed E-state index contributed by atoms with van der Waals surface area (Å²) in [5.74, 6) is 0.799. The molecule has 0 fully saturated rings. The molecule has 0 bridgehead atoms. The minimum absolute atomic E-state index is 0.799. The number of rotatable bonds is 2. The van der Waals surface area contributed by atoms with Gasteiger partial charge in [0.1, 0.15) is 5.82 Å². The third-order valence-corrected chi connectivity index (χ3v) is 3.35. The van der Waals surface area contributed by atoms with E-state index in [2.05, 4.69) is 41.2 Å². The summed E-state index contributed by atoms with van der Waals surface area (Å²) in [5.41, 5.74) is 5.40. The first-order chi connectivity index (χ1) is 9.75. The minimum Gasteiger partial charge on any atom is -0.233 e. The third-order valence-electron chi connectivity index (χ3n) is 3.35. The molecule has 0 unspecified atom stereocenters. The topological polar surface area (TPSA) is 25.8 Å². The average Bonchev–Trinajstić information content (AvgIpc) is 2.51. The van der Waals surface area contributed by atoms with E-state index in [4.69, 9.17) is 0 Å². The van der Waals surface area contributed by atoms with Crippen LogP contribution in [-0.2, 0) is 0 Å². The van der Waals surface area contributed by atoms with Crippen LogP contribution in [0.3, 0.4) is 0 Å². The summed E-state index contributed by atoms with van der Waals surface area (Å²) in [6.45, 7) is 4.03. The van der Waals surface area contributed by atoms with Gasteiger partial charge in [-0.2, -0.15) is 0 Å². The molecule has 0 radical (unpaired) electrons.